The van der Waals surface area contributed by atoms with Crippen LogP contribution in [0.25, 0.3) is 0 Å². The molecule has 0 radical (unpaired) electrons. The number of nitriles is 1. The summed E-state index contributed by atoms with van der Waals surface area (Å²) in [7, 11) is 0. The third-order valence-electron chi connectivity index (χ3n) is 3.16. The van der Waals surface area contributed by atoms with Crippen molar-refractivity contribution in [2.45, 2.75) is 25.3 Å². The smallest absolute Gasteiger partial charge is 0.305 e. The van der Waals surface area contributed by atoms with Crippen LogP contribution in [0.4, 0.5) is 11.4 Å². The lowest BCUT2D eigenvalue weighted by Crippen LogP contribution is -2.29. The van der Waals surface area contributed by atoms with Crippen molar-refractivity contribution in [2.24, 2.45) is 0 Å². The summed E-state index contributed by atoms with van der Waals surface area (Å²) in [6, 6.07) is 6.22. The number of carboxylic acids is 1. The van der Waals surface area contributed by atoms with E-state index in [4.69, 9.17) is 10.4 Å². The largest absolute Gasteiger partial charge is 0.481 e. The molecule has 0 aromatic heterocycles. The topological polar surface area (TPSA) is 107 Å². The maximum absolute atomic E-state index is 11.1. The van der Waals surface area contributed by atoms with Crippen LogP contribution in [-0.2, 0) is 4.79 Å². The molecule has 1 fully saturated rings. The maximum atomic E-state index is 11.1. The molecule has 104 valence electrons. The molecule has 1 aliphatic rings. The van der Waals surface area contributed by atoms with Crippen LogP contribution >= 0.6 is 0 Å². The van der Waals surface area contributed by atoms with Crippen molar-refractivity contribution in [3.8, 4) is 6.07 Å². The zero-order valence-corrected chi connectivity index (χ0v) is 10.7. The van der Waals surface area contributed by atoms with Crippen molar-refractivity contribution < 1.29 is 14.8 Å². The minimum absolute atomic E-state index is 0.0928. The number of nitro benzene ring substituents is 1. The Hall–Kier alpha value is -2.62. The van der Waals surface area contributed by atoms with Crippen LogP contribution < -0.4 is 4.90 Å². The molecule has 7 heteroatoms. The molecule has 0 bridgehead atoms. The zero-order chi connectivity index (χ0) is 14.7. The summed E-state index contributed by atoms with van der Waals surface area (Å²) < 4.78 is 0. The van der Waals surface area contributed by atoms with Crippen LogP contribution in [0.15, 0.2) is 18.2 Å². The Morgan fingerprint density at radius 3 is 2.75 bits per heavy atom. The molecule has 1 aliphatic carbocycles. The summed E-state index contributed by atoms with van der Waals surface area (Å²) in [5.74, 6) is -0.949. The standard InChI is InChI=1S/C13H13N3O4/c14-8-9-1-4-11(16(19)20)12(7-9)15(10-2-3-10)6-5-13(17)18/h1,4,7,10H,2-3,5-6H2,(H,17,18). The average molecular weight is 275 g/mol. The fourth-order valence-electron chi connectivity index (χ4n) is 2.08. The predicted molar refractivity (Wildman–Crippen MR) is 70.4 cm³/mol. The number of carboxylic acid groups (broad SMARTS) is 1. The van der Waals surface area contributed by atoms with Gasteiger partial charge < -0.3 is 10.0 Å². The second-order valence-electron chi connectivity index (χ2n) is 4.64. The number of nitro groups is 1. The van der Waals surface area contributed by atoms with Gasteiger partial charge in [-0.3, -0.25) is 14.9 Å². The normalized spacial score (nSPS) is 13.6. The Morgan fingerprint density at radius 2 is 2.25 bits per heavy atom. The highest BCUT2D eigenvalue weighted by atomic mass is 16.6. The molecule has 0 spiro atoms. The molecule has 0 amide bonds. The van der Waals surface area contributed by atoms with Crippen molar-refractivity contribution in [1.82, 2.24) is 0 Å². The van der Waals surface area contributed by atoms with Gasteiger partial charge in [0.05, 0.1) is 23.0 Å². The molecule has 1 aromatic carbocycles. The van der Waals surface area contributed by atoms with Gasteiger partial charge in [0, 0.05) is 18.7 Å². The molecule has 7 nitrogen and oxygen atoms in total. The minimum atomic E-state index is -0.949. The van der Waals surface area contributed by atoms with Gasteiger partial charge in [-0.2, -0.15) is 5.26 Å². The number of aliphatic carboxylic acids is 1. The van der Waals surface area contributed by atoms with Gasteiger partial charge in [0.15, 0.2) is 0 Å². The Kier molecular flexibility index (Phi) is 3.84. The van der Waals surface area contributed by atoms with Gasteiger partial charge in [-0.15, -0.1) is 0 Å². The summed E-state index contributed by atoms with van der Waals surface area (Å²) in [6.07, 6.45) is 1.67. The molecule has 20 heavy (non-hydrogen) atoms. The summed E-state index contributed by atoms with van der Waals surface area (Å²) in [5.41, 5.74) is 0.561. The monoisotopic (exact) mass is 275 g/mol. The quantitative estimate of drug-likeness (QED) is 0.627. The third kappa shape index (κ3) is 3.03. The molecule has 0 aliphatic heterocycles. The van der Waals surface area contributed by atoms with Crippen LogP contribution in [0, 0.1) is 21.4 Å². The molecule has 0 heterocycles. The second-order valence-corrected chi connectivity index (χ2v) is 4.64. The van der Waals surface area contributed by atoms with Crippen LogP contribution in [0.1, 0.15) is 24.8 Å². The van der Waals surface area contributed by atoms with E-state index in [0.29, 0.717) is 11.3 Å². The molecule has 1 N–H and O–H groups in total. The Balaban J connectivity index is 2.37. The van der Waals surface area contributed by atoms with Gasteiger partial charge in [-0.25, -0.2) is 0 Å². The molecular weight excluding hydrogens is 262 g/mol. The number of nitrogens with zero attached hydrogens (tertiary/aromatic N) is 3. The highest BCUT2D eigenvalue weighted by Gasteiger charge is 2.33. The van der Waals surface area contributed by atoms with E-state index in [9.17, 15) is 14.9 Å². The fraction of sp³-hybridized carbons (Fsp3) is 0.385. The van der Waals surface area contributed by atoms with Gasteiger partial charge >= 0.3 is 5.97 Å². The van der Waals surface area contributed by atoms with E-state index in [1.54, 1.807) is 4.90 Å². The van der Waals surface area contributed by atoms with E-state index >= 15 is 0 Å². The van der Waals surface area contributed by atoms with Crippen molar-refractivity contribution >= 4 is 17.3 Å². The van der Waals surface area contributed by atoms with E-state index in [-0.39, 0.29) is 24.7 Å². The number of hydrogen-bond acceptors (Lipinski definition) is 5. The summed E-state index contributed by atoms with van der Waals surface area (Å²) in [4.78, 5) is 23.0. The van der Waals surface area contributed by atoms with Crippen LogP contribution in [0.5, 0.6) is 0 Å². The first-order valence-corrected chi connectivity index (χ1v) is 6.20. The number of benzene rings is 1. The van der Waals surface area contributed by atoms with E-state index in [0.717, 1.165) is 12.8 Å². The van der Waals surface area contributed by atoms with Gasteiger partial charge in [0.1, 0.15) is 5.69 Å². The molecule has 0 atom stereocenters. The third-order valence-corrected chi connectivity index (χ3v) is 3.16. The van der Waals surface area contributed by atoms with Crippen molar-refractivity contribution in [2.75, 3.05) is 11.4 Å². The number of carbonyl (C=O) groups is 1. The molecule has 0 unspecified atom stereocenters. The highest BCUT2D eigenvalue weighted by Crippen LogP contribution is 2.37. The number of hydrogen-bond donors (Lipinski definition) is 1. The van der Waals surface area contributed by atoms with E-state index < -0.39 is 10.9 Å². The Morgan fingerprint density at radius 1 is 1.55 bits per heavy atom. The highest BCUT2D eigenvalue weighted by molar-refractivity contribution is 5.70. The minimum Gasteiger partial charge on any atom is -0.481 e. The average Bonchev–Trinajstić information content (AvgIpc) is 3.22. The Bertz CT molecular complexity index is 590. The van der Waals surface area contributed by atoms with E-state index in [2.05, 4.69) is 0 Å². The number of rotatable bonds is 6. The summed E-state index contributed by atoms with van der Waals surface area (Å²) >= 11 is 0. The zero-order valence-electron chi connectivity index (χ0n) is 10.7. The van der Waals surface area contributed by atoms with Gasteiger partial charge in [-0.1, -0.05) is 0 Å². The molecule has 0 saturated heterocycles. The Labute approximate surface area is 115 Å². The maximum Gasteiger partial charge on any atom is 0.305 e. The second kappa shape index (κ2) is 5.57. The van der Waals surface area contributed by atoms with E-state index in [1.165, 1.54) is 18.2 Å². The predicted octanol–water partition coefficient (Wildman–Crippen LogP) is 1.91. The van der Waals surface area contributed by atoms with Crippen LogP contribution in [0.3, 0.4) is 0 Å². The first kappa shape index (κ1) is 13.8. The van der Waals surface area contributed by atoms with Crippen molar-refractivity contribution in [3.05, 3.63) is 33.9 Å². The molecule has 1 aromatic rings. The molecule has 1 saturated carbocycles. The fourth-order valence-corrected chi connectivity index (χ4v) is 2.08. The molecular formula is C13H13N3O4. The van der Waals surface area contributed by atoms with E-state index in [1.807, 2.05) is 6.07 Å². The van der Waals surface area contributed by atoms with Crippen LogP contribution in [-0.4, -0.2) is 28.6 Å². The van der Waals surface area contributed by atoms with Crippen LogP contribution in [0.2, 0.25) is 0 Å². The van der Waals surface area contributed by atoms with Gasteiger partial charge in [-0.05, 0) is 25.0 Å². The van der Waals surface area contributed by atoms with Crippen molar-refractivity contribution in [1.29, 1.82) is 5.26 Å². The first-order chi connectivity index (χ1) is 9.52. The number of anilines is 1. The SMILES string of the molecule is N#Cc1ccc([N+](=O)[O-])c(N(CCC(=O)O)C2CC2)c1. The first-order valence-electron chi connectivity index (χ1n) is 6.20. The van der Waals surface area contributed by atoms with Gasteiger partial charge in [0.2, 0.25) is 0 Å². The van der Waals surface area contributed by atoms with Crippen molar-refractivity contribution in [3.63, 3.8) is 0 Å². The van der Waals surface area contributed by atoms with Gasteiger partial charge in [0.25, 0.3) is 5.69 Å². The molecule has 2 rings (SSSR count). The summed E-state index contributed by atoms with van der Waals surface area (Å²) in [5, 5.41) is 28.8. The lowest BCUT2D eigenvalue weighted by molar-refractivity contribution is -0.384. The lowest BCUT2D eigenvalue weighted by atomic mass is 10.1. The summed E-state index contributed by atoms with van der Waals surface area (Å²) in [6.45, 7) is 0.204. The lowest BCUT2D eigenvalue weighted by Gasteiger charge is -2.23.